The van der Waals surface area contributed by atoms with Crippen LogP contribution in [-0.4, -0.2) is 20.8 Å². The minimum absolute atomic E-state index is 0.0976. The van der Waals surface area contributed by atoms with E-state index in [2.05, 4.69) is 5.32 Å². The number of hydrogen-bond acceptors (Lipinski definition) is 6. The highest BCUT2D eigenvalue weighted by atomic mass is 32.1. The molecule has 0 saturated heterocycles. The summed E-state index contributed by atoms with van der Waals surface area (Å²) in [6.07, 6.45) is 2.02. The Kier molecular flexibility index (Phi) is 6.40. The summed E-state index contributed by atoms with van der Waals surface area (Å²) in [4.78, 5) is 50.3. The van der Waals surface area contributed by atoms with Gasteiger partial charge in [-0.2, -0.15) is 0 Å². The lowest BCUT2D eigenvalue weighted by Crippen LogP contribution is -2.42. The highest BCUT2D eigenvalue weighted by Gasteiger charge is 2.24. The Hall–Kier alpha value is -2.94. The number of aromatic nitrogens is 2. The lowest BCUT2D eigenvalue weighted by molar-refractivity contribution is -0.126. The number of amides is 1. The molecule has 9 heteroatoms. The van der Waals surface area contributed by atoms with Crippen LogP contribution >= 0.6 is 11.3 Å². The molecule has 0 fully saturated rings. The van der Waals surface area contributed by atoms with Crippen LogP contribution < -0.4 is 16.6 Å². The minimum Gasteiger partial charge on any atom is -0.467 e. The molecule has 3 rings (SSSR count). The SMILES string of the molecule is CC(C)(C)C(=O)Cn1c(=O)n(CCCC(=O)NCc2ccco2)c(=O)c2sccc21. The number of carbonyl (C=O) groups is 2. The van der Waals surface area contributed by atoms with E-state index in [0.29, 0.717) is 22.4 Å². The summed E-state index contributed by atoms with van der Waals surface area (Å²) in [6, 6.07) is 5.19. The smallest absolute Gasteiger partial charge is 0.331 e. The number of nitrogens with one attached hydrogen (secondary N) is 1. The topological polar surface area (TPSA) is 103 Å². The van der Waals surface area contributed by atoms with E-state index >= 15 is 0 Å². The second-order valence-electron chi connectivity index (χ2n) is 8.09. The normalized spacial score (nSPS) is 11.7. The summed E-state index contributed by atoms with van der Waals surface area (Å²) in [6.45, 7) is 5.67. The van der Waals surface area contributed by atoms with Crippen LogP contribution in [0, 0.1) is 5.41 Å². The number of ketones is 1. The largest absolute Gasteiger partial charge is 0.467 e. The van der Waals surface area contributed by atoms with Crippen molar-refractivity contribution in [3.63, 3.8) is 0 Å². The van der Waals surface area contributed by atoms with E-state index < -0.39 is 11.1 Å². The van der Waals surface area contributed by atoms with Crippen LogP contribution in [-0.2, 0) is 29.2 Å². The number of fused-ring (bicyclic) bond motifs is 1. The van der Waals surface area contributed by atoms with E-state index in [1.807, 2.05) is 0 Å². The third-order valence-electron chi connectivity index (χ3n) is 4.80. The standard InChI is InChI=1S/C21H25N3O5S/c1-21(2,3)16(25)13-24-15-8-11-30-18(15)19(27)23(20(24)28)9-4-7-17(26)22-12-14-6-5-10-29-14/h5-6,8,10-11H,4,7,9,12-13H2,1-3H3,(H,22,26). The average Bonchev–Trinajstić information content (AvgIpc) is 3.37. The van der Waals surface area contributed by atoms with Crippen molar-refractivity contribution in [3.05, 3.63) is 56.4 Å². The predicted octanol–water partition coefficient (Wildman–Crippen LogP) is 2.53. The zero-order chi connectivity index (χ0) is 21.9. The minimum atomic E-state index is -0.602. The Bertz CT molecular complexity index is 1160. The Morgan fingerprint density at radius 3 is 2.60 bits per heavy atom. The zero-order valence-corrected chi connectivity index (χ0v) is 18.1. The molecule has 0 saturated carbocycles. The van der Waals surface area contributed by atoms with Crippen molar-refractivity contribution in [2.24, 2.45) is 5.41 Å². The molecular weight excluding hydrogens is 406 g/mol. The monoisotopic (exact) mass is 431 g/mol. The van der Waals surface area contributed by atoms with E-state index in [-0.39, 0.29) is 43.3 Å². The molecule has 1 amide bonds. The molecule has 30 heavy (non-hydrogen) atoms. The number of thiophene rings is 1. The Labute approximate surface area is 177 Å². The summed E-state index contributed by atoms with van der Waals surface area (Å²) in [5.41, 5.74) is -1.05. The van der Waals surface area contributed by atoms with Crippen molar-refractivity contribution >= 4 is 33.2 Å². The number of furan rings is 1. The third kappa shape index (κ3) is 4.79. The van der Waals surface area contributed by atoms with Gasteiger partial charge < -0.3 is 9.73 Å². The third-order valence-corrected chi connectivity index (χ3v) is 5.69. The van der Waals surface area contributed by atoms with E-state index in [1.165, 1.54) is 22.2 Å². The first kappa shape index (κ1) is 21.8. The summed E-state index contributed by atoms with van der Waals surface area (Å²) >= 11 is 1.24. The summed E-state index contributed by atoms with van der Waals surface area (Å²) < 4.78 is 8.07. The summed E-state index contributed by atoms with van der Waals surface area (Å²) in [7, 11) is 0. The van der Waals surface area contributed by atoms with Crippen molar-refractivity contribution in [2.45, 2.75) is 53.2 Å². The van der Waals surface area contributed by atoms with Crippen molar-refractivity contribution < 1.29 is 14.0 Å². The van der Waals surface area contributed by atoms with Crippen molar-refractivity contribution in [1.82, 2.24) is 14.5 Å². The van der Waals surface area contributed by atoms with Crippen LogP contribution in [0.3, 0.4) is 0 Å². The Morgan fingerprint density at radius 1 is 1.17 bits per heavy atom. The van der Waals surface area contributed by atoms with Gasteiger partial charge in [0.05, 0.1) is 24.9 Å². The van der Waals surface area contributed by atoms with Gasteiger partial charge in [0.15, 0.2) is 5.78 Å². The Morgan fingerprint density at radius 2 is 1.93 bits per heavy atom. The molecule has 160 valence electrons. The molecule has 0 atom stereocenters. The molecule has 3 heterocycles. The van der Waals surface area contributed by atoms with Gasteiger partial charge in [0.25, 0.3) is 5.56 Å². The first-order chi connectivity index (χ1) is 14.2. The summed E-state index contributed by atoms with van der Waals surface area (Å²) in [5.74, 6) is 0.355. The Balaban J connectivity index is 1.75. The molecular formula is C21H25N3O5S. The zero-order valence-electron chi connectivity index (χ0n) is 17.3. The molecule has 0 spiro atoms. The molecule has 0 aliphatic rings. The lowest BCUT2D eigenvalue weighted by Gasteiger charge is -2.18. The van der Waals surface area contributed by atoms with Crippen LogP contribution in [0.25, 0.3) is 10.2 Å². The predicted molar refractivity (Wildman–Crippen MR) is 115 cm³/mol. The van der Waals surface area contributed by atoms with Crippen LogP contribution in [0.4, 0.5) is 0 Å². The van der Waals surface area contributed by atoms with Gasteiger partial charge in [0.2, 0.25) is 5.91 Å². The highest BCUT2D eigenvalue weighted by Crippen LogP contribution is 2.19. The maximum atomic E-state index is 13.0. The second-order valence-corrected chi connectivity index (χ2v) is 9.01. The van der Waals surface area contributed by atoms with Gasteiger partial charge >= 0.3 is 5.69 Å². The van der Waals surface area contributed by atoms with E-state index in [9.17, 15) is 19.2 Å². The van der Waals surface area contributed by atoms with Crippen LogP contribution in [0.1, 0.15) is 39.4 Å². The summed E-state index contributed by atoms with van der Waals surface area (Å²) in [5, 5.41) is 4.47. The second kappa shape index (κ2) is 8.83. The number of hydrogen-bond donors (Lipinski definition) is 1. The number of Topliss-reactive ketones (excluding diaryl/α,β-unsaturated/α-hetero) is 1. The number of nitrogens with zero attached hydrogens (tertiary/aromatic N) is 2. The molecule has 0 aliphatic heterocycles. The van der Waals surface area contributed by atoms with E-state index in [4.69, 9.17) is 4.42 Å². The quantitative estimate of drug-likeness (QED) is 0.590. The molecule has 0 aliphatic carbocycles. The van der Waals surface area contributed by atoms with Crippen LogP contribution in [0.2, 0.25) is 0 Å². The first-order valence-corrected chi connectivity index (χ1v) is 10.6. The van der Waals surface area contributed by atoms with Gasteiger partial charge in [-0.3, -0.25) is 23.5 Å². The molecule has 8 nitrogen and oxygen atoms in total. The van der Waals surface area contributed by atoms with Crippen molar-refractivity contribution in [2.75, 3.05) is 0 Å². The fraction of sp³-hybridized carbons (Fsp3) is 0.429. The van der Waals surface area contributed by atoms with E-state index in [0.717, 1.165) is 4.57 Å². The number of rotatable bonds is 8. The van der Waals surface area contributed by atoms with Crippen molar-refractivity contribution in [3.8, 4) is 0 Å². The van der Waals surface area contributed by atoms with Crippen LogP contribution in [0.15, 0.2) is 43.8 Å². The molecule has 3 aromatic rings. The van der Waals surface area contributed by atoms with Gasteiger partial charge in [0, 0.05) is 18.4 Å². The van der Waals surface area contributed by atoms with E-state index in [1.54, 1.807) is 44.4 Å². The maximum Gasteiger partial charge on any atom is 0.331 e. The fourth-order valence-electron chi connectivity index (χ4n) is 2.95. The van der Waals surface area contributed by atoms with Gasteiger partial charge in [-0.05, 0) is 30.0 Å². The molecule has 0 radical (unpaired) electrons. The average molecular weight is 432 g/mol. The lowest BCUT2D eigenvalue weighted by atomic mass is 9.91. The highest BCUT2D eigenvalue weighted by molar-refractivity contribution is 7.17. The number of carbonyl (C=O) groups excluding carboxylic acids is 2. The maximum absolute atomic E-state index is 13.0. The van der Waals surface area contributed by atoms with Crippen molar-refractivity contribution in [1.29, 1.82) is 0 Å². The van der Waals surface area contributed by atoms with Gasteiger partial charge in [-0.15, -0.1) is 11.3 Å². The molecule has 1 N–H and O–H groups in total. The van der Waals surface area contributed by atoms with Crippen LogP contribution in [0.5, 0.6) is 0 Å². The molecule has 0 aromatic carbocycles. The molecule has 3 aromatic heterocycles. The molecule has 0 bridgehead atoms. The van der Waals surface area contributed by atoms with Gasteiger partial charge in [0.1, 0.15) is 10.5 Å². The first-order valence-electron chi connectivity index (χ1n) is 9.71. The molecule has 0 unspecified atom stereocenters. The van der Waals surface area contributed by atoms with Gasteiger partial charge in [-0.1, -0.05) is 20.8 Å². The van der Waals surface area contributed by atoms with Gasteiger partial charge in [-0.25, -0.2) is 4.79 Å². The fourth-order valence-corrected chi connectivity index (χ4v) is 3.79.